The van der Waals surface area contributed by atoms with E-state index in [1.54, 1.807) is 0 Å². The largest absolute Gasteiger partial charge is 0.309 e. The number of benzene rings is 6. The number of fused-ring (bicyclic) bond motifs is 9. The summed E-state index contributed by atoms with van der Waals surface area (Å²) in [7, 11) is 0. The minimum Gasteiger partial charge on any atom is -0.309 e. The van der Waals surface area contributed by atoms with E-state index in [0.717, 1.165) is 11.3 Å². The average molecular weight is 592 g/mol. The second-order valence-electron chi connectivity index (χ2n) is 11.6. The molecule has 0 aliphatic heterocycles. The molecule has 0 spiro atoms. The number of hydrogen-bond donors (Lipinski definition) is 0. The van der Waals surface area contributed by atoms with Gasteiger partial charge in [0.2, 0.25) is 0 Å². The summed E-state index contributed by atoms with van der Waals surface area (Å²) in [6, 6.07) is 52.7. The molecular formula is C41H25N3S. The van der Waals surface area contributed by atoms with Gasteiger partial charge < -0.3 is 4.57 Å². The lowest BCUT2D eigenvalue weighted by atomic mass is 10.0. The van der Waals surface area contributed by atoms with E-state index in [9.17, 15) is 0 Å². The maximum absolute atomic E-state index is 4.80. The highest BCUT2D eigenvalue weighted by Gasteiger charge is 2.17. The summed E-state index contributed by atoms with van der Waals surface area (Å²) >= 11 is 1.88. The number of pyridine rings is 1. The molecule has 0 aliphatic carbocycles. The Morgan fingerprint density at radius 3 is 2.02 bits per heavy atom. The van der Waals surface area contributed by atoms with E-state index in [4.69, 9.17) is 4.98 Å². The summed E-state index contributed by atoms with van der Waals surface area (Å²) in [6.07, 6.45) is 1.88. The Kier molecular flexibility index (Phi) is 5.16. The van der Waals surface area contributed by atoms with Gasteiger partial charge in [-0.2, -0.15) is 0 Å². The van der Waals surface area contributed by atoms with Crippen LogP contribution in [0.5, 0.6) is 0 Å². The van der Waals surface area contributed by atoms with E-state index >= 15 is 0 Å². The minimum absolute atomic E-state index is 0.989. The third kappa shape index (κ3) is 3.54. The molecule has 4 heterocycles. The Hall–Kier alpha value is -5.71. The zero-order valence-electron chi connectivity index (χ0n) is 24.2. The molecule has 0 bridgehead atoms. The molecular weight excluding hydrogens is 567 g/mol. The molecule has 210 valence electrons. The summed E-state index contributed by atoms with van der Waals surface area (Å²) in [5.74, 6) is 0. The van der Waals surface area contributed by atoms with Crippen LogP contribution in [0.4, 0.5) is 0 Å². The molecule has 0 saturated heterocycles. The lowest BCUT2D eigenvalue weighted by molar-refractivity contribution is 1.14. The summed E-state index contributed by atoms with van der Waals surface area (Å²) in [4.78, 5) is 4.80. The maximum atomic E-state index is 4.80. The van der Waals surface area contributed by atoms with E-state index < -0.39 is 0 Å². The SMILES string of the molecule is c1ccc(-n2c3ccccc3c3cc(-c4cccc5c4sc4cc(-n6c7ccccc7c7cccnc76)ccc45)ccc32)cc1. The van der Waals surface area contributed by atoms with Crippen molar-refractivity contribution < 1.29 is 0 Å². The predicted octanol–water partition coefficient (Wildman–Crippen LogP) is 11.3. The first-order valence-electron chi connectivity index (χ1n) is 15.2. The molecule has 0 aliphatic rings. The van der Waals surface area contributed by atoms with Crippen LogP contribution in [-0.2, 0) is 0 Å². The van der Waals surface area contributed by atoms with Crippen LogP contribution in [-0.4, -0.2) is 14.1 Å². The van der Waals surface area contributed by atoms with Crippen LogP contribution in [0.25, 0.3) is 86.4 Å². The second kappa shape index (κ2) is 9.39. The highest BCUT2D eigenvalue weighted by molar-refractivity contribution is 7.26. The first-order valence-corrected chi connectivity index (χ1v) is 16.0. The van der Waals surface area contributed by atoms with Crippen LogP contribution in [0.3, 0.4) is 0 Å². The molecule has 0 atom stereocenters. The average Bonchev–Trinajstić information content (AvgIpc) is 3.76. The number of para-hydroxylation sites is 3. The fourth-order valence-electron chi connectivity index (χ4n) is 7.21. The van der Waals surface area contributed by atoms with Crippen molar-refractivity contribution in [3.63, 3.8) is 0 Å². The lowest BCUT2D eigenvalue weighted by Gasteiger charge is -2.08. The monoisotopic (exact) mass is 591 g/mol. The van der Waals surface area contributed by atoms with Crippen LogP contribution >= 0.6 is 11.3 Å². The van der Waals surface area contributed by atoms with Gasteiger partial charge in [-0.15, -0.1) is 11.3 Å². The van der Waals surface area contributed by atoms with Gasteiger partial charge in [0.25, 0.3) is 0 Å². The Morgan fingerprint density at radius 2 is 1.16 bits per heavy atom. The number of rotatable bonds is 3. The van der Waals surface area contributed by atoms with Crippen molar-refractivity contribution in [3.05, 3.63) is 152 Å². The maximum Gasteiger partial charge on any atom is 0.145 e. The molecule has 45 heavy (non-hydrogen) atoms. The van der Waals surface area contributed by atoms with Gasteiger partial charge in [0.1, 0.15) is 5.65 Å². The first kappa shape index (κ1) is 24.7. The third-order valence-corrected chi connectivity index (χ3v) is 10.4. The lowest BCUT2D eigenvalue weighted by Crippen LogP contribution is -1.94. The smallest absolute Gasteiger partial charge is 0.145 e. The Morgan fingerprint density at radius 1 is 0.444 bits per heavy atom. The van der Waals surface area contributed by atoms with Crippen LogP contribution in [0, 0.1) is 0 Å². The van der Waals surface area contributed by atoms with Gasteiger partial charge >= 0.3 is 0 Å². The van der Waals surface area contributed by atoms with E-state index in [2.05, 4.69) is 149 Å². The molecule has 4 heteroatoms. The van der Waals surface area contributed by atoms with Crippen molar-refractivity contribution in [2.45, 2.75) is 0 Å². The fraction of sp³-hybridized carbons (Fsp3) is 0. The zero-order valence-corrected chi connectivity index (χ0v) is 25.0. The highest BCUT2D eigenvalue weighted by Crippen LogP contribution is 2.43. The Balaban J connectivity index is 1.18. The molecule has 0 unspecified atom stereocenters. The van der Waals surface area contributed by atoms with Crippen LogP contribution in [0.15, 0.2) is 152 Å². The Labute approximate surface area is 262 Å². The third-order valence-electron chi connectivity index (χ3n) is 9.17. The number of nitrogens with zero attached hydrogens (tertiary/aromatic N) is 3. The summed E-state index contributed by atoms with van der Waals surface area (Å²) in [6.45, 7) is 0. The quantitative estimate of drug-likeness (QED) is 0.200. The van der Waals surface area contributed by atoms with E-state index in [1.165, 1.54) is 75.1 Å². The Bertz CT molecular complexity index is 2710. The molecule has 4 aromatic heterocycles. The van der Waals surface area contributed by atoms with Gasteiger partial charge in [-0.05, 0) is 71.8 Å². The van der Waals surface area contributed by atoms with E-state index in [0.29, 0.717) is 0 Å². The number of aromatic nitrogens is 3. The van der Waals surface area contributed by atoms with Gasteiger partial charge in [-0.1, -0.05) is 84.9 Å². The molecule has 0 fully saturated rings. The summed E-state index contributed by atoms with van der Waals surface area (Å²) in [5.41, 5.74) is 9.43. The van der Waals surface area contributed by atoms with Gasteiger partial charge in [0.05, 0.1) is 16.6 Å². The highest BCUT2D eigenvalue weighted by atomic mass is 32.1. The van der Waals surface area contributed by atoms with Gasteiger partial charge in [0, 0.05) is 59.3 Å². The van der Waals surface area contributed by atoms with E-state index in [1.807, 2.05) is 23.6 Å². The standard InChI is InChI=1S/C41H25N3S/c1-2-10-27(11-3-1)43-36-17-6-5-13-31(36)35-24-26(19-22-38(35)43)29-14-8-15-33-32-21-20-28(25-39(32)45-40(29)33)44-37-18-7-4-12-30(37)34-16-9-23-42-41(34)44/h1-25H. The minimum atomic E-state index is 0.989. The van der Waals surface area contributed by atoms with Crippen molar-refractivity contribution in [2.75, 3.05) is 0 Å². The zero-order chi connectivity index (χ0) is 29.5. The first-order chi connectivity index (χ1) is 22.3. The normalized spacial score (nSPS) is 12.0. The fourth-order valence-corrected chi connectivity index (χ4v) is 8.48. The molecule has 0 radical (unpaired) electrons. The molecule has 0 saturated carbocycles. The van der Waals surface area contributed by atoms with Crippen LogP contribution in [0.2, 0.25) is 0 Å². The van der Waals surface area contributed by atoms with Crippen molar-refractivity contribution >= 4 is 75.3 Å². The molecule has 6 aromatic carbocycles. The number of thiophene rings is 1. The van der Waals surface area contributed by atoms with Gasteiger partial charge in [-0.25, -0.2) is 4.98 Å². The number of hydrogen-bond acceptors (Lipinski definition) is 2. The topological polar surface area (TPSA) is 22.8 Å². The van der Waals surface area contributed by atoms with Crippen molar-refractivity contribution in [3.8, 4) is 22.5 Å². The molecule has 3 nitrogen and oxygen atoms in total. The van der Waals surface area contributed by atoms with Crippen molar-refractivity contribution in [1.29, 1.82) is 0 Å². The van der Waals surface area contributed by atoms with Gasteiger partial charge in [-0.3, -0.25) is 4.57 Å². The van der Waals surface area contributed by atoms with Crippen molar-refractivity contribution in [1.82, 2.24) is 14.1 Å². The van der Waals surface area contributed by atoms with Crippen LogP contribution < -0.4 is 0 Å². The molecule has 10 aromatic rings. The second-order valence-corrected chi connectivity index (χ2v) is 12.7. The molecule has 0 amide bonds. The molecule has 10 rings (SSSR count). The van der Waals surface area contributed by atoms with E-state index in [-0.39, 0.29) is 0 Å². The summed E-state index contributed by atoms with van der Waals surface area (Å²) < 4.78 is 7.26. The van der Waals surface area contributed by atoms with Crippen molar-refractivity contribution in [2.24, 2.45) is 0 Å². The predicted molar refractivity (Wildman–Crippen MR) is 191 cm³/mol. The summed E-state index contributed by atoms with van der Waals surface area (Å²) in [5, 5.41) is 7.53. The van der Waals surface area contributed by atoms with Gasteiger partial charge in [0.15, 0.2) is 0 Å². The molecule has 0 N–H and O–H groups in total. The van der Waals surface area contributed by atoms with Crippen LogP contribution in [0.1, 0.15) is 0 Å².